The van der Waals surface area contributed by atoms with Crippen LogP contribution in [0, 0.1) is 0 Å². The molecule has 0 bridgehead atoms. The second kappa shape index (κ2) is 6.99. The molecule has 1 N–H and O–H groups in total. The average Bonchev–Trinajstić information content (AvgIpc) is 3.25. The molecule has 0 radical (unpaired) electrons. The van der Waals surface area contributed by atoms with E-state index in [0.29, 0.717) is 11.7 Å². The lowest BCUT2D eigenvalue weighted by Crippen LogP contribution is -2.30. The molecule has 3 aromatic rings. The van der Waals surface area contributed by atoms with Gasteiger partial charge in [-0.25, -0.2) is 4.68 Å². The molecule has 3 rings (SSSR count). The van der Waals surface area contributed by atoms with Crippen LogP contribution >= 0.6 is 0 Å². The molecular formula is C17H19N5O2. The van der Waals surface area contributed by atoms with E-state index >= 15 is 0 Å². The maximum atomic E-state index is 12.2. The summed E-state index contributed by atoms with van der Waals surface area (Å²) in [6.45, 7) is 4.40. The van der Waals surface area contributed by atoms with Crippen molar-refractivity contribution in [2.75, 3.05) is 5.32 Å². The molecule has 7 heteroatoms. The zero-order valence-electron chi connectivity index (χ0n) is 13.6. The molecule has 0 saturated heterocycles. The first-order valence-corrected chi connectivity index (χ1v) is 7.78. The summed E-state index contributed by atoms with van der Waals surface area (Å²) >= 11 is 0. The van der Waals surface area contributed by atoms with Crippen LogP contribution in [0.25, 0.3) is 5.69 Å². The molecule has 0 aliphatic heterocycles. The van der Waals surface area contributed by atoms with Gasteiger partial charge in [0.2, 0.25) is 5.88 Å². The van der Waals surface area contributed by atoms with Gasteiger partial charge in [0.25, 0.3) is 5.91 Å². The van der Waals surface area contributed by atoms with E-state index in [0.717, 1.165) is 12.2 Å². The normalized spacial score (nSPS) is 11.9. The Balaban J connectivity index is 1.61. The van der Waals surface area contributed by atoms with E-state index in [1.165, 1.54) is 0 Å². The molecule has 1 aromatic carbocycles. The highest BCUT2D eigenvalue weighted by molar-refractivity contribution is 5.93. The monoisotopic (exact) mass is 325 g/mol. The van der Waals surface area contributed by atoms with E-state index in [2.05, 4.69) is 15.5 Å². The van der Waals surface area contributed by atoms with Gasteiger partial charge in [-0.15, -0.1) is 5.10 Å². The van der Waals surface area contributed by atoms with Gasteiger partial charge in [-0.3, -0.25) is 9.48 Å². The van der Waals surface area contributed by atoms with Crippen LogP contribution in [-0.2, 0) is 11.3 Å². The van der Waals surface area contributed by atoms with Gasteiger partial charge >= 0.3 is 0 Å². The molecule has 2 heterocycles. The third-order valence-electron chi connectivity index (χ3n) is 3.47. The Kier molecular flexibility index (Phi) is 4.60. The number of hydrogen-bond acceptors (Lipinski definition) is 4. The largest absolute Gasteiger partial charge is 0.463 e. The Morgan fingerprint density at radius 3 is 2.67 bits per heavy atom. The van der Waals surface area contributed by atoms with Crippen molar-refractivity contribution < 1.29 is 9.53 Å². The number of aryl methyl sites for hydroxylation is 1. The fourth-order valence-corrected chi connectivity index (χ4v) is 2.16. The van der Waals surface area contributed by atoms with Gasteiger partial charge in [-0.05, 0) is 26.0 Å². The lowest BCUT2D eigenvalue weighted by atomic mass is 10.3. The van der Waals surface area contributed by atoms with Gasteiger partial charge in [0, 0.05) is 31.1 Å². The van der Waals surface area contributed by atoms with Crippen LogP contribution in [0.3, 0.4) is 0 Å². The number of carbonyl (C=O) groups excluding carboxylic acids is 1. The predicted molar refractivity (Wildman–Crippen MR) is 90.2 cm³/mol. The smallest absolute Gasteiger partial charge is 0.266 e. The van der Waals surface area contributed by atoms with Gasteiger partial charge in [0.1, 0.15) is 0 Å². The number of hydrogen-bond donors (Lipinski definition) is 1. The molecule has 0 fully saturated rings. The highest BCUT2D eigenvalue weighted by atomic mass is 16.5. The van der Waals surface area contributed by atoms with Crippen LogP contribution in [0.2, 0.25) is 0 Å². The first-order chi connectivity index (χ1) is 11.7. The standard InChI is InChI=1S/C17H19N5O2/c1-3-21-11-9-15(19-21)18-17(23)13(2)24-16-10-12-22(20-16)14-7-5-4-6-8-14/h4-13H,3H2,1-2H3,(H,18,19,23)/t13-/m0/s1. The van der Waals surface area contributed by atoms with Crippen molar-refractivity contribution in [3.05, 3.63) is 54.9 Å². The number of carbonyl (C=O) groups is 1. The highest BCUT2D eigenvalue weighted by Gasteiger charge is 2.17. The Labute approximate surface area is 139 Å². The molecule has 24 heavy (non-hydrogen) atoms. The maximum absolute atomic E-state index is 12.2. The summed E-state index contributed by atoms with van der Waals surface area (Å²) < 4.78 is 9.04. The first-order valence-electron chi connectivity index (χ1n) is 7.78. The van der Waals surface area contributed by atoms with Gasteiger partial charge < -0.3 is 10.1 Å². The molecule has 0 aliphatic rings. The summed E-state index contributed by atoms with van der Waals surface area (Å²) in [5.74, 6) is 0.623. The third-order valence-corrected chi connectivity index (χ3v) is 3.47. The molecule has 0 aliphatic carbocycles. The second-order valence-electron chi connectivity index (χ2n) is 5.24. The molecular weight excluding hydrogens is 306 g/mol. The summed E-state index contributed by atoms with van der Waals surface area (Å²) in [6.07, 6.45) is 2.91. The number of ether oxygens (including phenoxy) is 1. The maximum Gasteiger partial charge on any atom is 0.266 e. The molecule has 0 unspecified atom stereocenters. The van der Waals surface area contributed by atoms with Crippen LogP contribution in [-0.4, -0.2) is 31.6 Å². The summed E-state index contributed by atoms with van der Waals surface area (Å²) in [4.78, 5) is 12.2. The Hall–Kier alpha value is -3.09. The Morgan fingerprint density at radius 1 is 1.17 bits per heavy atom. The summed E-state index contributed by atoms with van der Waals surface area (Å²) in [5, 5.41) is 11.3. The molecule has 1 amide bonds. The van der Waals surface area contributed by atoms with E-state index < -0.39 is 6.10 Å². The number of nitrogens with one attached hydrogen (secondary N) is 1. The van der Waals surface area contributed by atoms with E-state index in [1.54, 1.807) is 34.6 Å². The molecule has 124 valence electrons. The van der Waals surface area contributed by atoms with Crippen LogP contribution in [0.5, 0.6) is 5.88 Å². The number of para-hydroxylation sites is 1. The zero-order valence-corrected chi connectivity index (χ0v) is 13.6. The van der Waals surface area contributed by atoms with E-state index in [9.17, 15) is 4.79 Å². The van der Waals surface area contributed by atoms with Crippen LogP contribution in [0.1, 0.15) is 13.8 Å². The van der Waals surface area contributed by atoms with Crippen LogP contribution in [0.15, 0.2) is 54.9 Å². The first kappa shape index (κ1) is 15.8. The van der Waals surface area contributed by atoms with Gasteiger partial charge in [-0.2, -0.15) is 5.10 Å². The van der Waals surface area contributed by atoms with Crippen molar-refractivity contribution in [2.45, 2.75) is 26.5 Å². The van der Waals surface area contributed by atoms with Crippen LogP contribution in [0.4, 0.5) is 5.82 Å². The minimum absolute atomic E-state index is 0.273. The van der Waals surface area contributed by atoms with Gasteiger partial charge in [0.15, 0.2) is 11.9 Å². The molecule has 1 atom stereocenters. The van der Waals surface area contributed by atoms with E-state index in [-0.39, 0.29) is 5.91 Å². The van der Waals surface area contributed by atoms with Crippen molar-refractivity contribution in [3.63, 3.8) is 0 Å². The second-order valence-corrected chi connectivity index (χ2v) is 5.24. The summed E-state index contributed by atoms with van der Waals surface area (Å²) in [5.41, 5.74) is 0.926. The average molecular weight is 325 g/mol. The van der Waals surface area contributed by atoms with Crippen molar-refractivity contribution >= 4 is 11.7 Å². The van der Waals surface area contributed by atoms with Crippen LogP contribution < -0.4 is 10.1 Å². The lowest BCUT2D eigenvalue weighted by molar-refractivity contribution is -0.122. The fourth-order valence-electron chi connectivity index (χ4n) is 2.16. The van der Waals surface area contributed by atoms with Gasteiger partial charge in [-0.1, -0.05) is 18.2 Å². The number of nitrogens with zero attached hydrogens (tertiary/aromatic N) is 4. The fraction of sp³-hybridized carbons (Fsp3) is 0.235. The minimum atomic E-state index is -0.684. The predicted octanol–water partition coefficient (Wildman–Crippen LogP) is 2.49. The quantitative estimate of drug-likeness (QED) is 0.755. The molecule has 2 aromatic heterocycles. The zero-order chi connectivity index (χ0) is 16.9. The Morgan fingerprint density at radius 2 is 1.96 bits per heavy atom. The van der Waals surface area contributed by atoms with Gasteiger partial charge in [0.05, 0.1) is 5.69 Å². The third kappa shape index (κ3) is 3.62. The lowest BCUT2D eigenvalue weighted by Gasteiger charge is -2.11. The SMILES string of the molecule is CCn1ccc(NC(=O)[C@H](C)Oc2ccn(-c3ccccc3)n2)n1. The number of aromatic nitrogens is 4. The summed E-state index contributed by atoms with van der Waals surface area (Å²) in [7, 11) is 0. The topological polar surface area (TPSA) is 74.0 Å². The van der Waals surface area contributed by atoms with Crippen molar-refractivity contribution in [2.24, 2.45) is 0 Å². The molecule has 0 spiro atoms. The Bertz CT molecular complexity index is 809. The van der Waals surface area contributed by atoms with E-state index in [1.807, 2.05) is 43.5 Å². The van der Waals surface area contributed by atoms with Crippen molar-refractivity contribution in [1.82, 2.24) is 19.6 Å². The minimum Gasteiger partial charge on any atom is -0.463 e. The highest BCUT2D eigenvalue weighted by Crippen LogP contribution is 2.13. The molecule has 7 nitrogen and oxygen atoms in total. The van der Waals surface area contributed by atoms with E-state index in [4.69, 9.17) is 4.74 Å². The number of anilines is 1. The number of benzene rings is 1. The van der Waals surface area contributed by atoms with Crippen molar-refractivity contribution in [3.8, 4) is 11.6 Å². The number of amides is 1. The number of rotatable bonds is 6. The summed E-state index contributed by atoms with van der Waals surface area (Å²) in [6, 6.07) is 13.2. The van der Waals surface area contributed by atoms with Crippen molar-refractivity contribution in [1.29, 1.82) is 0 Å². The molecule has 0 saturated carbocycles.